The molecule has 1 aromatic carbocycles. The first-order chi connectivity index (χ1) is 7.81. The zero-order valence-corrected chi connectivity index (χ0v) is 9.53. The van der Waals surface area contributed by atoms with Gasteiger partial charge in [-0.25, -0.2) is 4.98 Å². The van der Waals surface area contributed by atoms with Crippen LogP contribution < -0.4 is 5.73 Å². The van der Waals surface area contributed by atoms with Crippen molar-refractivity contribution in [2.75, 3.05) is 6.54 Å². The quantitative estimate of drug-likeness (QED) is 0.822. The topological polar surface area (TPSA) is 54.7 Å². The minimum atomic E-state index is 0.721. The van der Waals surface area contributed by atoms with Gasteiger partial charge in [0.2, 0.25) is 0 Å². The third-order valence-electron chi connectivity index (χ3n) is 2.68. The zero-order valence-electron chi connectivity index (χ0n) is 9.53. The number of imidazole rings is 1. The van der Waals surface area contributed by atoms with E-state index in [0.717, 1.165) is 30.9 Å². The molecule has 0 aliphatic carbocycles. The highest BCUT2D eigenvalue weighted by atomic mass is 14.9. The van der Waals surface area contributed by atoms with Crippen LogP contribution in [0.2, 0.25) is 0 Å². The van der Waals surface area contributed by atoms with Crippen LogP contribution in [-0.2, 0) is 6.42 Å². The van der Waals surface area contributed by atoms with E-state index in [-0.39, 0.29) is 0 Å². The van der Waals surface area contributed by atoms with E-state index in [0.29, 0.717) is 0 Å². The Kier molecular flexibility index (Phi) is 3.37. The largest absolute Gasteiger partial charge is 0.342 e. The molecule has 0 fully saturated rings. The third kappa shape index (κ3) is 2.31. The molecule has 2 aromatic rings. The Morgan fingerprint density at radius 2 is 2.12 bits per heavy atom. The van der Waals surface area contributed by atoms with E-state index in [1.165, 1.54) is 11.1 Å². The van der Waals surface area contributed by atoms with E-state index in [1.807, 2.05) is 18.3 Å². The summed E-state index contributed by atoms with van der Waals surface area (Å²) in [5.41, 5.74) is 9.05. The van der Waals surface area contributed by atoms with Gasteiger partial charge in [0.15, 0.2) is 0 Å². The number of aryl methyl sites for hydroxylation is 2. The van der Waals surface area contributed by atoms with E-state index in [9.17, 15) is 0 Å². The smallest absolute Gasteiger partial charge is 0.137 e. The molecule has 0 saturated heterocycles. The van der Waals surface area contributed by atoms with Gasteiger partial charge in [-0.05, 0) is 31.9 Å². The van der Waals surface area contributed by atoms with Crippen LogP contribution in [0.4, 0.5) is 0 Å². The second-order valence-corrected chi connectivity index (χ2v) is 3.96. The van der Waals surface area contributed by atoms with E-state index < -0.39 is 0 Å². The SMILES string of the molecule is Cc1ccccc1-c1ncc(CCCN)[nH]1. The van der Waals surface area contributed by atoms with Crippen LogP contribution in [-0.4, -0.2) is 16.5 Å². The Morgan fingerprint density at radius 3 is 2.88 bits per heavy atom. The number of rotatable bonds is 4. The first kappa shape index (κ1) is 10.9. The van der Waals surface area contributed by atoms with Crippen LogP contribution in [0.25, 0.3) is 11.4 Å². The van der Waals surface area contributed by atoms with Gasteiger partial charge in [-0.1, -0.05) is 24.3 Å². The van der Waals surface area contributed by atoms with Crippen LogP contribution >= 0.6 is 0 Å². The Morgan fingerprint density at radius 1 is 1.31 bits per heavy atom. The minimum absolute atomic E-state index is 0.721. The van der Waals surface area contributed by atoms with E-state index in [2.05, 4.69) is 29.0 Å². The van der Waals surface area contributed by atoms with Crippen LogP contribution in [0.15, 0.2) is 30.5 Å². The summed E-state index contributed by atoms with van der Waals surface area (Å²) in [7, 11) is 0. The fourth-order valence-electron chi connectivity index (χ4n) is 1.75. The van der Waals surface area contributed by atoms with Gasteiger partial charge in [-0.2, -0.15) is 0 Å². The van der Waals surface area contributed by atoms with Crippen molar-refractivity contribution in [3.8, 4) is 11.4 Å². The minimum Gasteiger partial charge on any atom is -0.342 e. The number of hydrogen-bond donors (Lipinski definition) is 2. The van der Waals surface area contributed by atoms with Crippen LogP contribution in [0, 0.1) is 6.92 Å². The molecule has 16 heavy (non-hydrogen) atoms. The molecule has 0 saturated carbocycles. The number of nitrogens with two attached hydrogens (primary N) is 1. The molecule has 0 aliphatic heterocycles. The summed E-state index contributed by atoms with van der Waals surface area (Å²) in [6.45, 7) is 2.82. The van der Waals surface area contributed by atoms with Gasteiger partial charge < -0.3 is 10.7 Å². The number of H-pyrrole nitrogens is 1. The number of aromatic amines is 1. The van der Waals surface area contributed by atoms with Crippen molar-refractivity contribution in [2.45, 2.75) is 19.8 Å². The lowest BCUT2D eigenvalue weighted by atomic mass is 10.1. The Labute approximate surface area is 95.7 Å². The third-order valence-corrected chi connectivity index (χ3v) is 2.68. The molecular formula is C13H17N3. The van der Waals surface area contributed by atoms with Crippen molar-refractivity contribution in [2.24, 2.45) is 5.73 Å². The Bertz CT molecular complexity index is 460. The van der Waals surface area contributed by atoms with Gasteiger partial charge in [0.25, 0.3) is 0 Å². The molecule has 3 heteroatoms. The van der Waals surface area contributed by atoms with Crippen molar-refractivity contribution < 1.29 is 0 Å². The second-order valence-electron chi connectivity index (χ2n) is 3.96. The molecule has 3 N–H and O–H groups in total. The molecule has 0 aliphatic rings. The number of benzene rings is 1. The average Bonchev–Trinajstić information content (AvgIpc) is 2.75. The molecule has 84 valence electrons. The summed E-state index contributed by atoms with van der Waals surface area (Å²) in [4.78, 5) is 7.74. The normalized spacial score (nSPS) is 10.6. The molecule has 1 heterocycles. The standard InChI is InChI=1S/C13H17N3/c1-10-5-2-3-7-12(10)13-15-9-11(16-13)6-4-8-14/h2-3,5,7,9H,4,6,8,14H2,1H3,(H,15,16). The fourth-order valence-corrected chi connectivity index (χ4v) is 1.75. The fraction of sp³-hybridized carbons (Fsp3) is 0.308. The molecule has 3 nitrogen and oxygen atoms in total. The van der Waals surface area contributed by atoms with Crippen molar-refractivity contribution in [1.29, 1.82) is 0 Å². The van der Waals surface area contributed by atoms with Gasteiger partial charge in [0.05, 0.1) is 0 Å². The lowest BCUT2D eigenvalue weighted by molar-refractivity contribution is 0.816. The maximum absolute atomic E-state index is 5.48. The summed E-state index contributed by atoms with van der Waals surface area (Å²) >= 11 is 0. The summed E-state index contributed by atoms with van der Waals surface area (Å²) in [6, 6.07) is 8.25. The van der Waals surface area contributed by atoms with Crippen molar-refractivity contribution in [1.82, 2.24) is 9.97 Å². The Hall–Kier alpha value is -1.61. The van der Waals surface area contributed by atoms with Crippen molar-refractivity contribution in [3.05, 3.63) is 41.7 Å². The molecule has 1 aromatic heterocycles. The molecule has 0 bridgehead atoms. The number of nitrogens with zero attached hydrogens (tertiary/aromatic N) is 1. The first-order valence-corrected chi connectivity index (χ1v) is 5.61. The summed E-state index contributed by atoms with van der Waals surface area (Å²) in [6.07, 6.45) is 3.86. The molecule has 0 radical (unpaired) electrons. The van der Waals surface area contributed by atoms with Gasteiger partial charge in [0, 0.05) is 17.5 Å². The average molecular weight is 215 g/mol. The van der Waals surface area contributed by atoms with Gasteiger partial charge in [-0.15, -0.1) is 0 Å². The zero-order chi connectivity index (χ0) is 11.4. The molecule has 0 spiro atoms. The molecule has 0 atom stereocenters. The second kappa shape index (κ2) is 4.94. The maximum atomic E-state index is 5.48. The predicted octanol–water partition coefficient (Wildman–Crippen LogP) is 2.28. The van der Waals surface area contributed by atoms with Crippen molar-refractivity contribution >= 4 is 0 Å². The number of nitrogens with one attached hydrogen (secondary N) is 1. The van der Waals surface area contributed by atoms with Gasteiger partial charge in [0.1, 0.15) is 5.82 Å². The summed E-state index contributed by atoms with van der Waals surface area (Å²) in [5.74, 6) is 0.949. The van der Waals surface area contributed by atoms with E-state index in [1.54, 1.807) is 0 Å². The monoisotopic (exact) mass is 215 g/mol. The van der Waals surface area contributed by atoms with E-state index >= 15 is 0 Å². The van der Waals surface area contributed by atoms with Crippen LogP contribution in [0.3, 0.4) is 0 Å². The predicted molar refractivity (Wildman–Crippen MR) is 66.1 cm³/mol. The Balaban J connectivity index is 2.22. The number of aromatic nitrogens is 2. The summed E-state index contributed by atoms with van der Waals surface area (Å²) in [5, 5.41) is 0. The first-order valence-electron chi connectivity index (χ1n) is 5.61. The highest BCUT2D eigenvalue weighted by Crippen LogP contribution is 2.19. The van der Waals surface area contributed by atoms with Crippen LogP contribution in [0.5, 0.6) is 0 Å². The van der Waals surface area contributed by atoms with E-state index in [4.69, 9.17) is 5.73 Å². The summed E-state index contributed by atoms with van der Waals surface area (Å²) < 4.78 is 0. The van der Waals surface area contributed by atoms with Crippen molar-refractivity contribution in [3.63, 3.8) is 0 Å². The number of hydrogen-bond acceptors (Lipinski definition) is 2. The lowest BCUT2D eigenvalue weighted by Crippen LogP contribution is -2.00. The highest BCUT2D eigenvalue weighted by Gasteiger charge is 2.05. The maximum Gasteiger partial charge on any atom is 0.137 e. The van der Waals surface area contributed by atoms with Gasteiger partial charge in [-0.3, -0.25) is 0 Å². The van der Waals surface area contributed by atoms with Crippen LogP contribution in [0.1, 0.15) is 17.7 Å². The highest BCUT2D eigenvalue weighted by molar-refractivity contribution is 5.59. The van der Waals surface area contributed by atoms with Gasteiger partial charge >= 0.3 is 0 Å². The molecule has 0 amide bonds. The molecular weight excluding hydrogens is 198 g/mol. The molecule has 0 unspecified atom stereocenters. The molecule has 2 rings (SSSR count). The lowest BCUT2D eigenvalue weighted by Gasteiger charge is -2.01.